The van der Waals surface area contributed by atoms with Crippen LogP contribution in [-0.2, 0) is 6.54 Å². The van der Waals surface area contributed by atoms with E-state index in [1.54, 1.807) is 6.07 Å². The molecule has 0 amide bonds. The maximum absolute atomic E-state index is 10.9. The number of aryl methyl sites for hydroxylation is 1. The summed E-state index contributed by atoms with van der Waals surface area (Å²) in [5.41, 5.74) is 1.14. The Kier molecular flexibility index (Phi) is 4.50. The van der Waals surface area contributed by atoms with Crippen LogP contribution in [0.25, 0.3) is 0 Å². The highest BCUT2D eigenvalue weighted by Gasteiger charge is 2.14. The Hall–Kier alpha value is -0.870. The number of carboxylic acids is 1. The lowest BCUT2D eigenvalue weighted by Gasteiger charge is -2.24. The molecule has 4 heteroatoms. The first-order valence-corrected chi connectivity index (χ1v) is 6.34. The van der Waals surface area contributed by atoms with E-state index < -0.39 is 5.97 Å². The largest absolute Gasteiger partial charge is 0.477 e. The molecule has 1 heterocycles. The summed E-state index contributed by atoms with van der Waals surface area (Å²) >= 11 is 1.36. The van der Waals surface area contributed by atoms with Crippen LogP contribution in [0.2, 0.25) is 0 Å². The van der Waals surface area contributed by atoms with Gasteiger partial charge < -0.3 is 5.11 Å². The van der Waals surface area contributed by atoms with Crippen molar-refractivity contribution in [3.8, 4) is 0 Å². The maximum Gasteiger partial charge on any atom is 0.345 e. The van der Waals surface area contributed by atoms with E-state index in [0.717, 1.165) is 23.5 Å². The molecule has 0 atom stereocenters. The summed E-state index contributed by atoms with van der Waals surface area (Å²) in [5.74, 6) is -0.827. The second kappa shape index (κ2) is 5.46. The summed E-state index contributed by atoms with van der Waals surface area (Å²) in [7, 11) is 0. The molecule has 1 rings (SSSR count). The van der Waals surface area contributed by atoms with Crippen LogP contribution in [0, 0.1) is 6.92 Å². The Balaban J connectivity index is 2.84. The Morgan fingerprint density at radius 3 is 2.56 bits per heavy atom. The number of rotatable bonds is 5. The van der Waals surface area contributed by atoms with E-state index in [1.165, 1.54) is 11.3 Å². The van der Waals surface area contributed by atoms with Gasteiger partial charge in [-0.1, -0.05) is 6.92 Å². The summed E-state index contributed by atoms with van der Waals surface area (Å²) in [5, 5.41) is 8.92. The predicted octanol–water partition coefficient (Wildman–Crippen LogP) is 2.99. The third kappa shape index (κ3) is 3.06. The Labute approximate surface area is 101 Å². The third-order valence-electron chi connectivity index (χ3n) is 2.74. The minimum Gasteiger partial charge on any atom is -0.477 e. The molecule has 0 spiro atoms. The third-order valence-corrected chi connectivity index (χ3v) is 3.82. The SMILES string of the molecule is CCN(Cc1cc(C(=O)O)sc1C)C(C)C. The molecule has 1 N–H and O–H groups in total. The van der Waals surface area contributed by atoms with E-state index in [9.17, 15) is 4.79 Å². The Bertz CT molecular complexity index is 371. The van der Waals surface area contributed by atoms with Crippen molar-refractivity contribution in [3.63, 3.8) is 0 Å². The van der Waals surface area contributed by atoms with Crippen molar-refractivity contribution in [2.75, 3.05) is 6.54 Å². The number of carbonyl (C=O) groups is 1. The first-order valence-electron chi connectivity index (χ1n) is 5.52. The Morgan fingerprint density at radius 2 is 2.19 bits per heavy atom. The number of hydrogen-bond donors (Lipinski definition) is 1. The molecular weight excluding hydrogens is 222 g/mol. The predicted molar refractivity (Wildman–Crippen MR) is 67.2 cm³/mol. The van der Waals surface area contributed by atoms with Gasteiger partial charge in [0.1, 0.15) is 4.88 Å². The zero-order chi connectivity index (χ0) is 12.3. The topological polar surface area (TPSA) is 40.5 Å². The van der Waals surface area contributed by atoms with Crippen LogP contribution in [0.5, 0.6) is 0 Å². The highest BCUT2D eigenvalue weighted by Crippen LogP contribution is 2.23. The molecule has 0 radical (unpaired) electrons. The van der Waals surface area contributed by atoms with Crippen molar-refractivity contribution in [1.29, 1.82) is 0 Å². The molecule has 0 aliphatic carbocycles. The van der Waals surface area contributed by atoms with E-state index in [0.29, 0.717) is 10.9 Å². The van der Waals surface area contributed by atoms with Crippen LogP contribution in [0.3, 0.4) is 0 Å². The number of aromatic carboxylic acids is 1. The minimum absolute atomic E-state index is 0.437. The molecule has 0 saturated carbocycles. The minimum atomic E-state index is -0.827. The fraction of sp³-hybridized carbons (Fsp3) is 0.583. The normalized spacial score (nSPS) is 11.4. The van der Waals surface area contributed by atoms with E-state index in [4.69, 9.17) is 5.11 Å². The van der Waals surface area contributed by atoms with Gasteiger partial charge in [0.05, 0.1) is 0 Å². The smallest absolute Gasteiger partial charge is 0.345 e. The van der Waals surface area contributed by atoms with Gasteiger partial charge in [-0.2, -0.15) is 0 Å². The van der Waals surface area contributed by atoms with Crippen LogP contribution in [0.15, 0.2) is 6.07 Å². The van der Waals surface area contributed by atoms with Gasteiger partial charge in [0.2, 0.25) is 0 Å². The molecule has 1 aromatic rings. The molecule has 16 heavy (non-hydrogen) atoms. The van der Waals surface area contributed by atoms with Crippen LogP contribution in [-0.4, -0.2) is 28.6 Å². The van der Waals surface area contributed by atoms with Gasteiger partial charge in [-0.05, 0) is 38.9 Å². The van der Waals surface area contributed by atoms with Gasteiger partial charge in [-0.15, -0.1) is 11.3 Å². The van der Waals surface area contributed by atoms with Crippen LogP contribution in [0.4, 0.5) is 0 Å². The molecular formula is C12H19NO2S. The fourth-order valence-corrected chi connectivity index (χ4v) is 2.53. The Morgan fingerprint density at radius 1 is 1.56 bits per heavy atom. The van der Waals surface area contributed by atoms with Gasteiger partial charge in [0.25, 0.3) is 0 Å². The lowest BCUT2D eigenvalue weighted by atomic mass is 10.2. The van der Waals surface area contributed by atoms with Gasteiger partial charge in [0.15, 0.2) is 0 Å². The lowest BCUT2D eigenvalue weighted by Crippen LogP contribution is -2.29. The standard InChI is InChI=1S/C12H19NO2S/c1-5-13(8(2)3)7-10-6-11(12(14)15)16-9(10)4/h6,8H,5,7H2,1-4H3,(H,14,15). The quantitative estimate of drug-likeness (QED) is 0.861. The van der Waals surface area contributed by atoms with E-state index in [2.05, 4.69) is 25.7 Å². The van der Waals surface area contributed by atoms with Gasteiger partial charge in [-0.3, -0.25) is 4.90 Å². The van der Waals surface area contributed by atoms with E-state index in [-0.39, 0.29) is 0 Å². The van der Waals surface area contributed by atoms with Crippen LogP contribution in [0.1, 0.15) is 40.9 Å². The number of thiophene rings is 1. The number of carboxylic acid groups (broad SMARTS) is 1. The van der Waals surface area contributed by atoms with Gasteiger partial charge in [-0.25, -0.2) is 4.79 Å². The second-order valence-corrected chi connectivity index (χ2v) is 5.41. The summed E-state index contributed by atoms with van der Waals surface area (Å²) < 4.78 is 0. The fourth-order valence-electron chi connectivity index (χ4n) is 1.66. The van der Waals surface area contributed by atoms with Crippen molar-refractivity contribution in [3.05, 3.63) is 21.4 Å². The highest BCUT2D eigenvalue weighted by atomic mass is 32.1. The molecule has 1 aromatic heterocycles. The monoisotopic (exact) mass is 241 g/mol. The van der Waals surface area contributed by atoms with Gasteiger partial charge in [0, 0.05) is 17.5 Å². The molecule has 3 nitrogen and oxygen atoms in total. The summed E-state index contributed by atoms with van der Waals surface area (Å²) in [6, 6.07) is 2.28. The molecule has 0 unspecified atom stereocenters. The summed E-state index contributed by atoms with van der Waals surface area (Å²) in [4.78, 5) is 14.7. The molecule has 0 bridgehead atoms. The first kappa shape index (κ1) is 13.2. The van der Waals surface area contributed by atoms with E-state index >= 15 is 0 Å². The highest BCUT2D eigenvalue weighted by molar-refractivity contribution is 7.14. The van der Waals surface area contributed by atoms with Crippen LogP contribution < -0.4 is 0 Å². The molecule has 0 fully saturated rings. The average molecular weight is 241 g/mol. The molecule has 0 saturated heterocycles. The van der Waals surface area contributed by atoms with Gasteiger partial charge >= 0.3 is 5.97 Å². The number of hydrogen-bond acceptors (Lipinski definition) is 3. The van der Waals surface area contributed by atoms with Crippen molar-refractivity contribution in [2.24, 2.45) is 0 Å². The zero-order valence-electron chi connectivity index (χ0n) is 10.3. The van der Waals surface area contributed by atoms with E-state index in [1.807, 2.05) is 6.92 Å². The maximum atomic E-state index is 10.9. The summed E-state index contributed by atoms with van der Waals surface area (Å²) in [6.07, 6.45) is 0. The summed E-state index contributed by atoms with van der Waals surface area (Å²) in [6.45, 7) is 10.2. The molecule has 90 valence electrons. The molecule has 0 aliphatic heterocycles. The molecule has 0 aromatic carbocycles. The van der Waals surface area contributed by atoms with Crippen molar-refractivity contribution < 1.29 is 9.90 Å². The molecule has 0 aliphatic rings. The van der Waals surface area contributed by atoms with Crippen LogP contribution >= 0.6 is 11.3 Å². The average Bonchev–Trinajstić information content (AvgIpc) is 2.56. The van der Waals surface area contributed by atoms with Crippen molar-refractivity contribution in [2.45, 2.75) is 40.3 Å². The van der Waals surface area contributed by atoms with Crippen molar-refractivity contribution >= 4 is 17.3 Å². The zero-order valence-corrected chi connectivity index (χ0v) is 11.1. The first-order chi connectivity index (χ1) is 7.45. The second-order valence-electron chi connectivity index (χ2n) is 4.15. The van der Waals surface area contributed by atoms with Crippen molar-refractivity contribution in [1.82, 2.24) is 4.90 Å². The number of nitrogens with zero attached hydrogens (tertiary/aromatic N) is 1. The lowest BCUT2D eigenvalue weighted by molar-refractivity contribution is 0.0702.